The fraction of sp³-hybridized carbons (Fsp3) is 0.208. The van der Waals surface area contributed by atoms with Crippen LogP contribution < -0.4 is 10.2 Å². The van der Waals surface area contributed by atoms with Crippen LogP contribution in [0.1, 0.15) is 17.2 Å². The molecule has 0 spiro atoms. The molecule has 152 valence electrons. The molecule has 30 heavy (non-hydrogen) atoms. The Balaban J connectivity index is 1.42. The second-order valence-electron chi connectivity index (χ2n) is 7.20. The van der Waals surface area contributed by atoms with Gasteiger partial charge in [-0.25, -0.2) is 4.98 Å². The first-order valence-corrected chi connectivity index (χ1v) is 10.1. The molecule has 1 aromatic heterocycles. The van der Waals surface area contributed by atoms with Crippen molar-refractivity contribution in [2.75, 3.05) is 31.1 Å². The van der Waals surface area contributed by atoms with Crippen molar-refractivity contribution in [3.05, 3.63) is 96.2 Å². The number of nitrogens with one attached hydrogen (secondary N) is 1. The van der Waals surface area contributed by atoms with Crippen molar-refractivity contribution in [3.8, 4) is 0 Å². The van der Waals surface area contributed by atoms with E-state index in [0.717, 1.165) is 16.9 Å². The largest absolute Gasteiger partial charge is 0.353 e. The van der Waals surface area contributed by atoms with Crippen LogP contribution in [-0.2, 0) is 9.59 Å². The Morgan fingerprint density at radius 3 is 1.87 bits per heavy atom. The first-order chi connectivity index (χ1) is 14.7. The minimum atomic E-state index is -0.584. The molecule has 4 rings (SSSR count). The predicted octanol–water partition coefficient (Wildman–Crippen LogP) is 2.64. The van der Waals surface area contributed by atoms with E-state index >= 15 is 0 Å². The Morgan fingerprint density at radius 1 is 0.767 bits per heavy atom. The number of anilines is 1. The summed E-state index contributed by atoms with van der Waals surface area (Å²) >= 11 is 0. The Hall–Kier alpha value is -3.67. The normalized spacial score (nSPS) is 13.9. The summed E-state index contributed by atoms with van der Waals surface area (Å²) in [4.78, 5) is 33.7. The number of hydrogen-bond acceptors (Lipinski definition) is 4. The first-order valence-electron chi connectivity index (χ1n) is 10.1. The Morgan fingerprint density at radius 2 is 1.33 bits per heavy atom. The Labute approximate surface area is 176 Å². The molecule has 1 N–H and O–H groups in total. The zero-order valence-electron chi connectivity index (χ0n) is 16.6. The number of nitrogens with zero attached hydrogens (tertiary/aromatic N) is 3. The SMILES string of the molecule is O=C(NC(c1ccccc1)c1ccccc1)C(=O)N1CCN(c2ccccn2)CC1. The minimum absolute atomic E-state index is 0.376. The molecular weight excluding hydrogens is 376 g/mol. The number of benzene rings is 2. The van der Waals surface area contributed by atoms with E-state index in [9.17, 15) is 9.59 Å². The van der Waals surface area contributed by atoms with Crippen molar-refractivity contribution >= 4 is 17.6 Å². The third-order valence-electron chi connectivity index (χ3n) is 5.28. The Bertz CT molecular complexity index is 932. The molecule has 0 radical (unpaired) electrons. The lowest BCUT2D eigenvalue weighted by molar-refractivity contribution is -0.146. The summed E-state index contributed by atoms with van der Waals surface area (Å²) in [7, 11) is 0. The van der Waals surface area contributed by atoms with E-state index in [-0.39, 0.29) is 6.04 Å². The number of pyridine rings is 1. The molecule has 6 heteroatoms. The quantitative estimate of drug-likeness (QED) is 0.684. The predicted molar refractivity (Wildman–Crippen MR) is 116 cm³/mol. The summed E-state index contributed by atoms with van der Waals surface area (Å²) in [5.74, 6) is -0.186. The molecule has 2 heterocycles. The number of amides is 2. The maximum atomic E-state index is 12.8. The zero-order valence-corrected chi connectivity index (χ0v) is 16.6. The van der Waals surface area contributed by atoms with Gasteiger partial charge in [0, 0.05) is 32.4 Å². The van der Waals surface area contributed by atoms with Crippen LogP contribution in [0.3, 0.4) is 0 Å². The standard InChI is InChI=1S/C24H24N4O2/c29-23(24(30)28-17-15-27(16-18-28)21-13-7-8-14-25-21)26-22(19-9-3-1-4-10-19)20-11-5-2-6-12-20/h1-14,22H,15-18H2,(H,26,29). The lowest BCUT2D eigenvalue weighted by Gasteiger charge is -2.35. The highest BCUT2D eigenvalue weighted by Crippen LogP contribution is 2.22. The van der Waals surface area contributed by atoms with E-state index in [4.69, 9.17) is 0 Å². The average molecular weight is 400 g/mol. The second-order valence-corrected chi connectivity index (χ2v) is 7.20. The van der Waals surface area contributed by atoms with Crippen LogP contribution in [-0.4, -0.2) is 47.9 Å². The molecule has 1 fully saturated rings. The number of piperazine rings is 1. The van der Waals surface area contributed by atoms with E-state index in [1.165, 1.54) is 0 Å². The summed E-state index contributed by atoms with van der Waals surface area (Å²) in [5.41, 5.74) is 1.87. The number of carbonyl (C=O) groups excluding carboxylic acids is 2. The summed E-state index contributed by atoms with van der Waals surface area (Å²) in [6.45, 7) is 2.28. The zero-order chi connectivity index (χ0) is 20.8. The van der Waals surface area contributed by atoms with E-state index in [1.807, 2.05) is 78.9 Å². The van der Waals surface area contributed by atoms with Crippen LogP contribution in [0.25, 0.3) is 0 Å². The van der Waals surface area contributed by atoms with Crippen LogP contribution >= 0.6 is 0 Å². The number of carbonyl (C=O) groups is 2. The molecule has 0 aliphatic carbocycles. The van der Waals surface area contributed by atoms with Gasteiger partial charge in [0.2, 0.25) is 0 Å². The molecular formula is C24H24N4O2. The number of hydrogen-bond donors (Lipinski definition) is 1. The third kappa shape index (κ3) is 4.49. The van der Waals surface area contributed by atoms with Crippen molar-refractivity contribution < 1.29 is 9.59 Å². The van der Waals surface area contributed by atoms with Gasteiger partial charge in [0.15, 0.2) is 0 Å². The fourth-order valence-corrected chi connectivity index (χ4v) is 3.67. The molecule has 1 aliphatic rings. The monoisotopic (exact) mass is 400 g/mol. The van der Waals surface area contributed by atoms with Gasteiger partial charge in [-0.3, -0.25) is 9.59 Å². The lowest BCUT2D eigenvalue weighted by atomic mass is 9.98. The summed E-state index contributed by atoms with van der Waals surface area (Å²) in [5, 5.41) is 2.93. The van der Waals surface area contributed by atoms with E-state index in [1.54, 1.807) is 11.1 Å². The van der Waals surface area contributed by atoms with Crippen LogP contribution in [0.15, 0.2) is 85.1 Å². The van der Waals surface area contributed by atoms with Gasteiger partial charge in [-0.2, -0.15) is 0 Å². The average Bonchev–Trinajstić information content (AvgIpc) is 2.83. The highest BCUT2D eigenvalue weighted by atomic mass is 16.2. The molecule has 6 nitrogen and oxygen atoms in total. The molecule has 3 aromatic rings. The van der Waals surface area contributed by atoms with Gasteiger partial charge in [0.05, 0.1) is 6.04 Å². The van der Waals surface area contributed by atoms with Crippen molar-refractivity contribution in [1.82, 2.24) is 15.2 Å². The van der Waals surface area contributed by atoms with Gasteiger partial charge < -0.3 is 15.1 Å². The minimum Gasteiger partial charge on any atom is -0.353 e. The molecule has 0 atom stereocenters. The Kier molecular flexibility index (Phi) is 6.03. The fourth-order valence-electron chi connectivity index (χ4n) is 3.67. The van der Waals surface area contributed by atoms with Crippen molar-refractivity contribution in [1.29, 1.82) is 0 Å². The maximum absolute atomic E-state index is 12.8. The van der Waals surface area contributed by atoms with E-state index < -0.39 is 11.8 Å². The molecule has 2 aromatic carbocycles. The molecule has 1 aliphatic heterocycles. The summed E-state index contributed by atoms with van der Waals surface area (Å²) in [6.07, 6.45) is 1.76. The van der Waals surface area contributed by atoms with Crippen LogP contribution in [0, 0.1) is 0 Å². The molecule has 0 saturated carbocycles. The molecule has 0 unspecified atom stereocenters. The van der Waals surface area contributed by atoms with E-state index in [0.29, 0.717) is 26.2 Å². The third-order valence-corrected chi connectivity index (χ3v) is 5.28. The molecule has 1 saturated heterocycles. The van der Waals surface area contributed by atoms with Crippen molar-refractivity contribution in [2.24, 2.45) is 0 Å². The van der Waals surface area contributed by atoms with Crippen LogP contribution in [0.2, 0.25) is 0 Å². The summed E-state index contributed by atoms with van der Waals surface area (Å²) < 4.78 is 0. The highest BCUT2D eigenvalue weighted by Gasteiger charge is 2.28. The summed E-state index contributed by atoms with van der Waals surface area (Å²) in [6, 6.07) is 24.8. The second kappa shape index (κ2) is 9.22. The van der Waals surface area contributed by atoms with Crippen molar-refractivity contribution in [2.45, 2.75) is 6.04 Å². The number of rotatable bonds is 4. The first kappa shape index (κ1) is 19.6. The van der Waals surface area contributed by atoms with Gasteiger partial charge in [-0.1, -0.05) is 66.7 Å². The van der Waals surface area contributed by atoms with Crippen LogP contribution in [0.4, 0.5) is 5.82 Å². The van der Waals surface area contributed by atoms with Gasteiger partial charge >= 0.3 is 11.8 Å². The number of aromatic nitrogens is 1. The van der Waals surface area contributed by atoms with E-state index in [2.05, 4.69) is 15.2 Å². The maximum Gasteiger partial charge on any atom is 0.312 e. The highest BCUT2D eigenvalue weighted by molar-refractivity contribution is 6.35. The lowest BCUT2D eigenvalue weighted by Crippen LogP contribution is -2.53. The molecule has 2 amide bonds. The van der Waals surface area contributed by atoms with Gasteiger partial charge in [-0.15, -0.1) is 0 Å². The van der Waals surface area contributed by atoms with Gasteiger partial charge in [-0.05, 0) is 23.3 Å². The van der Waals surface area contributed by atoms with Gasteiger partial charge in [0.25, 0.3) is 0 Å². The van der Waals surface area contributed by atoms with Crippen molar-refractivity contribution in [3.63, 3.8) is 0 Å². The van der Waals surface area contributed by atoms with Gasteiger partial charge in [0.1, 0.15) is 5.82 Å². The smallest absolute Gasteiger partial charge is 0.312 e. The van der Waals surface area contributed by atoms with Crippen LogP contribution in [0.5, 0.6) is 0 Å². The topological polar surface area (TPSA) is 65.5 Å². The molecule has 0 bridgehead atoms.